The molecule has 0 aromatic carbocycles. The molecule has 1 heterocycles. The zero-order chi connectivity index (χ0) is 12.5. The number of pyridine rings is 1. The molecule has 94 valence electrons. The van der Waals surface area contributed by atoms with Gasteiger partial charge in [0.1, 0.15) is 0 Å². The van der Waals surface area contributed by atoms with Gasteiger partial charge in [0.15, 0.2) is 0 Å². The predicted octanol–water partition coefficient (Wildman–Crippen LogP) is 4.62. The summed E-state index contributed by atoms with van der Waals surface area (Å²) in [6, 6.07) is 6.09. The summed E-state index contributed by atoms with van der Waals surface area (Å²) in [5.74, 6) is 0.946. The molecule has 0 saturated heterocycles. The Balaban J connectivity index is 2.12. The molecule has 2 rings (SSSR count). The van der Waals surface area contributed by atoms with Crippen LogP contribution in [0.25, 0.3) is 0 Å². The van der Waals surface area contributed by atoms with Gasteiger partial charge in [-0.25, -0.2) is 0 Å². The lowest BCUT2D eigenvalue weighted by Crippen LogP contribution is -2.30. The Kier molecular flexibility index (Phi) is 3.77. The van der Waals surface area contributed by atoms with E-state index in [9.17, 15) is 0 Å². The molecule has 1 aliphatic carbocycles. The van der Waals surface area contributed by atoms with Gasteiger partial charge in [0.25, 0.3) is 0 Å². The lowest BCUT2D eigenvalue weighted by atomic mass is 9.76. The maximum Gasteiger partial charge on any atom is 0.0450 e. The highest BCUT2D eigenvalue weighted by atomic mass is 35.5. The first-order valence-corrected chi connectivity index (χ1v) is 7.01. The average molecular weight is 252 g/mol. The number of rotatable bonds is 3. The lowest BCUT2D eigenvalue weighted by Gasteiger charge is -2.33. The van der Waals surface area contributed by atoms with Crippen molar-refractivity contribution < 1.29 is 0 Å². The molecular formula is C15H22ClN. The molecular weight excluding hydrogens is 230 g/mol. The summed E-state index contributed by atoms with van der Waals surface area (Å²) >= 11 is 6.72. The van der Waals surface area contributed by atoms with E-state index in [0.717, 1.165) is 5.69 Å². The van der Waals surface area contributed by atoms with Crippen molar-refractivity contribution in [2.75, 3.05) is 0 Å². The smallest absolute Gasteiger partial charge is 0.0450 e. The van der Waals surface area contributed by atoms with Crippen molar-refractivity contribution in [1.82, 2.24) is 4.98 Å². The molecule has 1 fully saturated rings. The predicted molar refractivity (Wildman–Crippen MR) is 73.4 cm³/mol. The standard InChI is InChI=1S/C15H22ClN/c1-11(13-8-4-5-10-17-13)14(16)12-7-6-9-15(12,2)3/h4-5,8,10-12,14H,6-7,9H2,1-3H3. The molecule has 17 heavy (non-hydrogen) atoms. The van der Waals surface area contributed by atoms with Crippen molar-refractivity contribution in [3.05, 3.63) is 30.1 Å². The van der Waals surface area contributed by atoms with Crippen LogP contribution in [0.5, 0.6) is 0 Å². The third-order valence-electron chi connectivity index (χ3n) is 4.36. The van der Waals surface area contributed by atoms with Crippen LogP contribution in [-0.4, -0.2) is 10.4 Å². The minimum absolute atomic E-state index is 0.197. The average Bonchev–Trinajstić information content (AvgIpc) is 2.68. The zero-order valence-electron chi connectivity index (χ0n) is 11.0. The highest BCUT2D eigenvalue weighted by molar-refractivity contribution is 6.21. The first-order valence-electron chi connectivity index (χ1n) is 6.57. The zero-order valence-corrected chi connectivity index (χ0v) is 11.7. The van der Waals surface area contributed by atoms with Gasteiger partial charge in [0, 0.05) is 23.2 Å². The Morgan fingerprint density at radius 3 is 2.71 bits per heavy atom. The van der Waals surface area contributed by atoms with Crippen molar-refractivity contribution in [2.45, 2.75) is 51.3 Å². The quantitative estimate of drug-likeness (QED) is 0.715. The van der Waals surface area contributed by atoms with Crippen LogP contribution in [0.3, 0.4) is 0 Å². The molecule has 1 nitrogen and oxygen atoms in total. The van der Waals surface area contributed by atoms with Crippen molar-refractivity contribution >= 4 is 11.6 Å². The molecule has 0 radical (unpaired) electrons. The van der Waals surface area contributed by atoms with E-state index in [1.54, 1.807) is 0 Å². The van der Waals surface area contributed by atoms with Crippen LogP contribution in [0.4, 0.5) is 0 Å². The van der Waals surface area contributed by atoms with Crippen molar-refractivity contribution in [2.24, 2.45) is 11.3 Å². The van der Waals surface area contributed by atoms with Gasteiger partial charge < -0.3 is 0 Å². The molecule has 1 aromatic rings. The van der Waals surface area contributed by atoms with Crippen molar-refractivity contribution in [3.8, 4) is 0 Å². The highest BCUT2D eigenvalue weighted by Crippen LogP contribution is 2.48. The van der Waals surface area contributed by atoms with Gasteiger partial charge in [0.05, 0.1) is 0 Å². The monoisotopic (exact) mass is 251 g/mol. The number of alkyl halides is 1. The fourth-order valence-corrected chi connectivity index (χ4v) is 3.70. The second-order valence-corrected chi connectivity index (χ2v) is 6.48. The van der Waals surface area contributed by atoms with Crippen LogP contribution in [0.2, 0.25) is 0 Å². The van der Waals surface area contributed by atoms with E-state index >= 15 is 0 Å². The summed E-state index contributed by atoms with van der Waals surface area (Å²) in [5.41, 5.74) is 1.50. The number of aromatic nitrogens is 1. The van der Waals surface area contributed by atoms with E-state index in [1.165, 1.54) is 19.3 Å². The van der Waals surface area contributed by atoms with E-state index in [-0.39, 0.29) is 5.38 Å². The van der Waals surface area contributed by atoms with E-state index in [0.29, 0.717) is 17.3 Å². The molecule has 0 N–H and O–H groups in total. The molecule has 1 aliphatic rings. The normalized spacial score (nSPS) is 26.7. The summed E-state index contributed by atoms with van der Waals surface area (Å²) in [4.78, 5) is 4.43. The van der Waals surface area contributed by atoms with Crippen molar-refractivity contribution in [1.29, 1.82) is 0 Å². The summed E-state index contributed by atoms with van der Waals surface area (Å²) < 4.78 is 0. The molecule has 1 aromatic heterocycles. The molecule has 0 aliphatic heterocycles. The number of hydrogen-bond acceptors (Lipinski definition) is 1. The van der Waals surface area contributed by atoms with Crippen LogP contribution >= 0.6 is 11.6 Å². The van der Waals surface area contributed by atoms with E-state index in [1.807, 2.05) is 18.3 Å². The first-order chi connectivity index (χ1) is 8.02. The third kappa shape index (κ3) is 2.65. The van der Waals surface area contributed by atoms with Crippen LogP contribution in [0, 0.1) is 11.3 Å². The first kappa shape index (κ1) is 12.9. The van der Waals surface area contributed by atoms with Crippen molar-refractivity contribution in [3.63, 3.8) is 0 Å². The van der Waals surface area contributed by atoms with Crippen LogP contribution < -0.4 is 0 Å². The molecule has 1 saturated carbocycles. The summed E-state index contributed by atoms with van der Waals surface area (Å²) in [6.07, 6.45) is 5.74. The van der Waals surface area contributed by atoms with E-state index in [4.69, 9.17) is 11.6 Å². The molecule has 0 bridgehead atoms. The Morgan fingerprint density at radius 1 is 1.41 bits per heavy atom. The minimum Gasteiger partial charge on any atom is -0.261 e. The highest BCUT2D eigenvalue weighted by Gasteiger charge is 2.41. The number of hydrogen-bond donors (Lipinski definition) is 0. The molecule has 3 unspecified atom stereocenters. The molecule has 3 atom stereocenters. The lowest BCUT2D eigenvalue weighted by molar-refractivity contribution is 0.239. The molecule has 2 heteroatoms. The van der Waals surface area contributed by atoms with Gasteiger partial charge in [-0.15, -0.1) is 11.6 Å². The van der Waals surface area contributed by atoms with E-state index < -0.39 is 0 Å². The fraction of sp³-hybridized carbons (Fsp3) is 0.667. The van der Waals surface area contributed by atoms with Gasteiger partial charge in [0.2, 0.25) is 0 Å². The second-order valence-electron chi connectivity index (χ2n) is 5.98. The molecule has 0 amide bonds. The SMILES string of the molecule is CC(c1ccccn1)C(Cl)C1CCCC1(C)C. The van der Waals surface area contributed by atoms with Gasteiger partial charge in [-0.3, -0.25) is 4.98 Å². The fourth-order valence-electron chi connectivity index (χ4n) is 3.10. The summed E-state index contributed by atoms with van der Waals surface area (Å²) in [7, 11) is 0. The summed E-state index contributed by atoms with van der Waals surface area (Å²) in [5, 5.41) is 0.197. The Hall–Kier alpha value is -0.560. The van der Waals surface area contributed by atoms with Crippen LogP contribution in [0.15, 0.2) is 24.4 Å². The molecule has 0 spiro atoms. The van der Waals surface area contributed by atoms with Crippen LogP contribution in [0.1, 0.15) is 51.6 Å². The van der Waals surface area contributed by atoms with Gasteiger partial charge in [-0.05, 0) is 36.3 Å². The second kappa shape index (κ2) is 4.97. The maximum absolute atomic E-state index is 6.72. The topological polar surface area (TPSA) is 12.9 Å². The van der Waals surface area contributed by atoms with Gasteiger partial charge in [-0.2, -0.15) is 0 Å². The largest absolute Gasteiger partial charge is 0.261 e. The van der Waals surface area contributed by atoms with Gasteiger partial charge in [-0.1, -0.05) is 33.3 Å². The Labute approximate surface area is 110 Å². The summed E-state index contributed by atoms with van der Waals surface area (Å²) in [6.45, 7) is 6.91. The van der Waals surface area contributed by atoms with Crippen LogP contribution in [-0.2, 0) is 0 Å². The third-order valence-corrected chi connectivity index (χ3v) is 5.04. The maximum atomic E-state index is 6.72. The van der Waals surface area contributed by atoms with Gasteiger partial charge >= 0.3 is 0 Å². The van der Waals surface area contributed by atoms with E-state index in [2.05, 4.69) is 31.8 Å². The number of halogens is 1. The Bertz CT molecular complexity index is 360. The Morgan fingerprint density at radius 2 is 2.18 bits per heavy atom. The number of nitrogens with zero attached hydrogens (tertiary/aromatic N) is 1. The minimum atomic E-state index is 0.197.